The Hall–Kier alpha value is -0.540. The number of halogens is 1. The van der Waals surface area contributed by atoms with Crippen LogP contribution in [0.4, 0.5) is 0 Å². The Morgan fingerprint density at radius 3 is 2.25 bits per heavy atom. The highest BCUT2D eigenvalue weighted by Crippen LogP contribution is 2.09. The summed E-state index contributed by atoms with van der Waals surface area (Å²) in [7, 11) is -3.14. The molecule has 0 radical (unpaired) electrons. The van der Waals surface area contributed by atoms with Gasteiger partial charge in [0.2, 0.25) is 0 Å². The van der Waals surface area contributed by atoms with Gasteiger partial charge in [0.15, 0.2) is 9.84 Å². The van der Waals surface area contributed by atoms with E-state index in [0.29, 0.717) is 4.90 Å². The van der Waals surface area contributed by atoms with Gasteiger partial charge in [-0.2, -0.15) is 0 Å². The Balaban J connectivity index is 2.99. The second-order valence-electron chi connectivity index (χ2n) is 2.32. The van der Waals surface area contributed by atoms with E-state index in [9.17, 15) is 8.42 Å². The average molecular weight is 206 g/mol. The molecular weight excluding hydrogens is 197 g/mol. The van der Waals surface area contributed by atoms with Gasteiger partial charge in [0.1, 0.15) is 0 Å². The van der Waals surface area contributed by atoms with Gasteiger partial charge in [-0.1, -0.05) is 18.2 Å². The molecule has 0 saturated heterocycles. The van der Waals surface area contributed by atoms with Gasteiger partial charge in [0.25, 0.3) is 0 Å². The summed E-state index contributed by atoms with van der Waals surface area (Å²) in [6.07, 6.45) is 0. The maximum atomic E-state index is 11.3. The summed E-state index contributed by atoms with van der Waals surface area (Å²) in [6, 6.07) is 8.31. The van der Waals surface area contributed by atoms with E-state index in [4.69, 9.17) is 11.6 Å². The van der Waals surface area contributed by atoms with Crippen molar-refractivity contribution in [1.82, 2.24) is 0 Å². The molecule has 1 rings (SSSR count). The second-order valence-corrected chi connectivity index (χ2v) is 4.81. The first kappa shape index (κ1) is 9.55. The lowest BCUT2D eigenvalue weighted by Gasteiger charge is -1.99. The molecular formula is C8H9ClO2S. The number of rotatable bonds is 3. The van der Waals surface area contributed by atoms with Crippen molar-refractivity contribution in [2.45, 2.75) is 4.90 Å². The topological polar surface area (TPSA) is 34.1 Å². The standard InChI is InChI=1S/C8H9ClO2S/c9-6-7-12(10,11)8-4-2-1-3-5-8/h1-5H,6-7H2/i7+1. The first-order valence-electron chi connectivity index (χ1n) is 3.50. The smallest absolute Gasteiger partial charge is 0.179 e. The van der Waals surface area contributed by atoms with E-state index < -0.39 is 9.84 Å². The van der Waals surface area contributed by atoms with Crippen molar-refractivity contribution >= 4 is 21.4 Å². The van der Waals surface area contributed by atoms with Crippen LogP contribution in [0.2, 0.25) is 0 Å². The molecule has 0 spiro atoms. The fourth-order valence-electron chi connectivity index (χ4n) is 0.847. The van der Waals surface area contributed by atoms with Crippen LogP contribution in [0.3, 0.4) is 0 Å². The molecule has 0 fully saturated rings. The van der Waals surface area contributed by atoms with E-state index in [-0.39, 0.29) is 11.6 Å². The number of benzene rings is 1. The van der Waals surface area contributed by atoms with Gasteiger partial charge >= 0.3 is 0 Å². The van der Waals surface area contributed by atoms with Crippen LogP contribution in [0.15, 0.2) is 35.2 Å². The normalized spacial score (nSPS) is 11.4. The van der Waals surface area contributed by atoms with Gasteiger partial charge < -0.3 is 0 Å². The van der Waals surface area contributed by atoms with Gasteiger partial charge in [-0.3, -0.25) is 0 Å². The van der Waals surface area contributed by atoms with Gasteiger partial charge in [0.05, 0.1) is 10.6 Å². The number of sulfone groups is 1. The van der Waals surface area contributed by atoms with Crippen LogP contribution in [0.25, 0.3) is 0 Å². The van der Waals surface area contributed by atoms with Crippen LogP contribution < -0.4 is 0 Å². The van der Waals surface area contributed by atoms with E-state index in [1.54, 1.807) is 30.3 Å². The maximum absolute atomic E-state index is 11.3. The van der Waals surface area contributed by atoms with Crippen molar-refractivity contribution in [2.75, 3.05) is 11.6 Å². The van der Waals surface area contributed by atoms with Crippen molar-refractivity contribution in [3.8, 4) is 0 Å². The van der Waals surface area contributed by atoms with Gasteiger partial charge in [-0.05, 0) is 12.1 Å². The molecule has 0 aromatic heterocycles. The maximum Gasteiger partial charge on any atom is 0.179 e. The Bertz CT molecular complexity index is 331. The first-order chi connectivity index (χ1) is 5.67. The lowest BCUT2D eigenvalue weighted by molar-refractivity contribution is 0.597. The fourth-order valence-corrected chi connectivity index (χ4v) is 2.47. The third-order valence-electron chi connectivity index (χ3n) is 1.45. The van der Waals surface area contributed by atoms with E-state index in [1.165, 1.54) is 0 Å². The molecule has 0 N–H and O–H groups in total. The highest BCUT2D eigenvalue weighted by molar-refractivity contribution is 7.91. The first-order valence-corrected chi connectivity index (χ1v) is 5.69. The number of hydrogen-bond donors (Lipinski definition) is 0. The van der Waals surface area contributed by atoms with Gasteiger partial charge in [0, 0.05) is 5.88 Å². The summed E-state index contributed by atoms with van der Waals surface area (Å²) < 4.78 is 22.7. The fraction of sp³-hybridized carbons (Fsp3) is 0.250. The summed E-state index contributed by atoms with van der Waals surface area (Å²) in [4.78, 5) is 0.339. The molecule has 0 bridgehead atoms. The minimum absolute atomic E-state index is 0.00142. The van der Waals surface area contributed by atoms with E-state index >= 15 is 0 Å². The third kappa shape index (κ3) is 2.22. The van der Waals surface area contributed by atoms with Crippen LogP contribution in [-0.4, -0.2) is 20.1 Å². The minimum atomic E-state index is -3.14. The molecule has 1 aromatic carbocycles. The van der Waals surface area contributed by atoms with Crippen LogP contribution in [-0.2, 0) is 9.84 Å². The molecule has 1 aromatic rings. The lowest BCUT2D eigenvalue weighted by atomic mass is 10.4. The van der Waals surface area contributed by atoms with Crippen molar-refractivity contribution < 1.29 is 8.42 Å². The van der Waals surface area contributed by atoms with E-state index in [0.717, 1.165) is 0 Å². The molecule has 0 atom stereocenters. The van der Waals surface area contributed by atoms with E-state index in [2.05, 4.69) is 0 Å². The van der Waals surface area contributed by atoms with Crippen LogP contribution >= 0.6 is 11.6 Å². The zero-order valence-corrected chi connectivity index (χ0v) is 7.98. The molecule has 0 unspecified atom stereocenters. The summed E-state index contributed by atoms with van der Waals surface area (Å²) in [5.41, 5.74) is 0. The third-order valence-corrected chi connectivity index (χ3v) is 3.59. The molecule has 0 aliphatic heterocycles. The molecule has 0 heterocycles. The molecule has 0 aliphatic carbocycles. The van der Waals surface area contributed by atoms with Crippen molar-refractivity contribution in [2.24, 2.45) is 0 Å². The largest absolute Gasteiger partial charge is 0.224 e. The molecule has 66 valence electrons. The minimum Gasteiger partial charge on any atom is -0.224 e. The quantitative estimate of drug-likeness (QED) is 0.556. The Kier molecular flexibility index (Phi) is 3.12. The molecule has 0 amide bonds. The second kappa shape index (κ2) is 3.92. The van der Waals surface area contributed by atoms with Gasteiger partial charge in [-0.25, -0.2) is 8.42 Å². The monoisotopic (exact) mass is 205 g/mol. The number of hydrogen-bond acceptors (Lipinski definition) is 2. The van der Waals surface area contributed by atoms with Crippen LogP contribution in [0, 0.1) is 0 Å². The molecule has 0 aliphatic rings. The Morgan fingerprint density at radius 2 is 1.75 bits per heavy atom. The van der Waals surface area contributed by atoms with Crippen molar-refractivity contribution in [1.29, 1.82) is 0 Å². The predicted molar refractivity (Wildman–Crippen MR) is 49.2 cm³/mol. The lowest BCUT2D eigenvalue weighted by Crippen LogP contribution is -2.07. The summed E-state index contributed by atoms with van der Waals surface area (Å²) >= 11 is 5.36. The summed E-state index contributed by atoms with van der Waals surface area (Å²) in [6.45, 7) is 0. The van der Waals surface area contributed by atoms with E-state index in [1.807, 2.05) is 0 Å². The van der Waals surface area contributed by atoms with Crippen LogP contribution in [0.1, 0.15) is 0 Å². The molecule has 4 heteroatoms. The molecule has 0 saturated carbocycles. The average Bonchev–Trinajstić information content (AvgIpc) is 2.06. The van der Waals surface area contributed by atoms with Gasteiger partial charge in [-0.15, -0.1) is 11.6 Å². The summed E-state index contributed by atoms with van der Waals surface area (Å²) in [5.74, 6) is 0.135. The molecule has 12 heavy (non-hydrogen) atoms. The number of alkyl halides is 1. The Labute approximate surface area is 77.1 Å². The highest BCUT2D eigenvalue weighted by atomic mass is 35.5. The van der Waals surface area contributed by atoms with Crippen molar-refractivity contribution in [3.05, 3.63) is 30.3 Å². The SMILES string of the molecule is O=S(=O)([13CH2]CCl)c1ccccc1. The molecule has 2 nitrogen and oxygen atoms in total. The highest BCUT2D eigenvalue weighted by Gasteiger charge is 2.11. The summed E-state index contributed by atoms with van der Waals surface area (Å²) in [5, 5.41) is 0. The zero-order chi connectivity index (χ0) is 9.03. The Morgan fingerprint density at radius 1 is 1.17 bits per heavy atom. The van der Waals surface area contributed by atoms with Crippen molar-refractivity contribution in [3.63, 3.8) is 0 Å². The van der Waals surface area contributed by atoms with Crippen LogP contribution in [0.5, 0.6) is 0 Å². The predicted octanol–water partition coefficient (Wildman–Crippen LogP) is 1.70. The zero-order valence-electron chi connectivity index (χ0n) is 6.40.